The Morgan fingerprint density at radius 3 is 2.38 bits per heavy atom. The Hall–Kier alpha value is -2.37. The summed E-state index contributed by atoms with van der Waals surface area (Å²) in [5.41, 5.74) is 2.42. The second kappa shape index (κ2) is 9.05. The summed E-state index contributed by atoms with van der Waals surface area (Å²) in [6, 6.07) is 4.43. The fourth-order valence-corrected chi connectivity index (χ4v) is 2.09. The van der Waals surface area contributed by atoms with E-state index in [1.54, 1.807) is 12.1 Å². The lowest BCUT2D eigenvalue weighted by Gasteiger charge is -2.21. The first-order chi connectivity index (χ1) is 11.3. The third kappa shape index (κ3) is 5.37. The van der Waals surface area contributed by atoms with E-state index >= 15 is 0 Å². The van der Waals surface area contributed by atoms with Gasteiger partial charge >= 0.3 is 11.9 Å². The van der Waals surface area contributed by atoms with Crippen molar-refractivity contribution in [3.63, 3.8) is 0 Å². The summed E-state index contributed by atoms with van der Waals surface area (Å²) in [4.78, 5) is 35.7. The zero-order chi connectivity index (χ0) is 18.3. The lowest BCUT2D eigenvalue weighted by atomic mass is 9.99. The lowest BCUT2D eigenvalue weighted by Crippen LogP contribution is -2.47. The molecule has 132 valence electrons. The van der Waals surface area contributed by atoms with Crippen molar-refractivity contribution in [2.45, 2.75) is 40.2 Å². The number of rotatable bonds is 7. The van der Waals surface area contributed by atoms with Gasteiger partial charge in [0.05, 0.1) is 12.7 Å². The molecule has 0 heterocycles. The minimum Gasteiger partial charge on any atom is -0.467 e. The van der Waals surface area contributed by atoms with Crippen LogP contribution in [0.5, 0.6) is 0 Å². The van der Waals surface area contributed by atoms with Crippen LogP contribution < -0.4 is 5.32 Å². The monoisotopic (exact) mass is 335 g/mol. The number of benzene rings is 1. The smallest absolute Gasteiger partial charge is 0.338 e. The van der Waals surface area contributed by atoms with Gasteiger partial charge in [0, 0.05) is 0 Å². The van der Waals surface area contributed by atoms with Gasteiger partial charge in [-0.1, -0.05) is 26.3 Å². The Labute approximate surface area is 142 Å². The molecule has 0 saturated carbocycles. The molecule has 0 aliphatic heterocycles. The van der Waals surface area contributed by atoms with Crippen LogP contribution in [-0.4, -0.2) is 37.6 Å². The molecule has 0 spiro atoms. The quantitative estimate of drug-likeness (QED) is 0.772. The van der Waals surface area contributed by atoms with Crippen LogP contribution in [-0.2, 0) is 19.1 Å². The summed E-state index contributed by atoms with van der Waals surface area (Å²) in [7, 11) is 1.27. The normalized spacial score (nSPS) is 12.9. The van der Waals surface area contributed by atoms with E-state index in [2.05, 4.69) is 5.32 Å². The van der Waals surface area contributed by atoms with Crippen LogP contribution in [0.3, 0.4) is 0 Å². The molecule has 0 fully saturated rings. The van der Waals surface area contributed by atoms with Gasteiger partial charge in [-0.2, -0.15) is 0 Å². The molecule has 1 N–H and O–H groups in total. The third-order valence-electron chi connectivity index (χ3n) is 4.06. The molecule has 1 aromatic carbocycles. The highest BCUT2D eigenvalue weighted by Gasteiger charge is 2.27. The molecule has 0 bridgehead atoms. The van der Waals surface area contributed by atoms with E-state index in [1.807, 2.05) is 33.8 Å². The number of methoxy groups -OCH3 is 1. The summed E-state index contributed by atoms with van der Waals surface area (Å²) >= 11 is 0. The molecule has 6 heteroatoms. The van der Waals surface area contributed by atoms with Crippen molar-refractivity contribution < 1.29 is 23.9 Å². The number of nitrogens with one attached hydrogen (secondary N) is 1. The average Bonchev–Trinajstić information content (AvgIpc) is 2.58. The maximum absolute atomic E-state index is 12.0. The van der Waals surface area contributed by atoms with Crippen LogP contribution in [0, 0.1) is 19.8 Å². The van der Waals surface area contributed by atoms with Gasteiger partial charge in [-0.05, 0) is 43.0 Å². The van der Waals surface area contributed by atoms with Crippen LogP contribution in [0.25, 0.3) is 0 Å². The highest BCUT2D eigenvalue weighted by molar-refractivity contribution is 5.92. The van der Waals surface area contributed by atoms with E-state index < -0.39 is 30.5 Å². The molecule has 24 heavy (non-hydrogen) atoms. The minimum atomic E-state index is -0.757. The molecule has 0 radical (unpaired) electrons. The number of carbonyl (C=O) groups excluding carboxylic acids is 3. The number of esters is 2. The van der Waals surface area contributed by atoms with Gasteiger partial charge in [0.1, 0.15) is 6.04 Å². The number of aryl methyl sites for hydroxylation is 2. The van der Waals surface area contributed by atoms with Crippen molar-refractivity contribution in [1.82, 2.24) is 5.32 Å². The van der Waals surface area contributed by atoms with Gasteiger partial charge < -0.3 is 14.8 Å². The highest BCUT2D eigenvalue weighted by atomic mass is 16.5. The third-order valence-corrected chi connectivity index (χ3v) is 4.06. The summed E-state index contributed by atoms with van der Waals surface area (Å²) in [6.45, 7) is 7.14. The summed E-state index contributed by atoms with van der Waals surface area (Å²) in [5.74, 6) is -1.72. The van der Waals surface area contributed by atoms with Crippen LogP contribution in [0.4, 0.5) is 0 Å². The van der Waals surface area contributed by atoms with Gasteiger partial charge in [-0.3, -0.25) is 4.79 Å². The van der Waals surface area contributed by atoms with Gasteiger partial charge in [0.25, 0.3) is 5.91 Å². The first-order valence-electron chi connectivity index (χ1n) is 7.91. The predicted octanol–water partition coefficient (Wildman–Crippen LogP) is 2.16. The van der Waals surface area contributed by atoms with Crippen molar-refractivity contribution in [1.29, 1.82) is 0 Å². The molecular weight excluding hydrogens is 310 g/mol. The molecule has 2 atom stereocenters. The second-order valence-electron chi connectivity index (χ2n) is 5.83. The van der Waals surface area contributed by atoms with Crippen LogP contribution in [0.2, 0.25) is 0 Å². The van der Waals surface area contributed by atoms with Gasteiger partial charge in [0.15, 0.2) is 6.61 Å². The predicted molar refractivity (Wildman–Crippen MR) is 89.6 cm³/mol. The Morgan fingerprint density at radius 1 is 1.17 bits per heavy atom. The highest BCUT2D eigenvalue weighted by Crippen LogP contribution is 2.11. The molecule has 1 rings (SSSR count). The number of hydrogen-bond donors (Lipinski definition) is 1. The van der Waals surface area contributed by atoms with E-state index in [9.17, 15) is 14.4 Å². The first-order valence-corrected chi connectivity index (χ1v) is 7.91. The van der Waals surface area contributed by atoms with Crippen LogP contribution in [0.1, 0.15) is 41.8 Å². The number of amides is 1. The van der Waals surface area contributed by atoms with Crippen molar-refractivity contribution >= 4 is 17.8 Å². The maximum Gasteiger partial charge on any atom is 0.338 e. The number of ether oxygens (including phenoxy) is 2. The molecule has 0 saturated heterocycles. The molecule has 0 aromatic heterocycles. The van der Waals surface area contributed by atoms with Gasteiger partial charge in [-0.15, -0.1) is 0 Å². The Morgan fingerprint density at radius 2 is 1.83 bits per heavy atom. The lowest BCUT2D eigenvalue weighted by molar-refractivity contribution is -0.147. The number of hydrogen-bond acceptors (Lipinski definition) is 5. The molecule has 2 unspecified atom stereocenters. The average molecular weight is 335 g/mol. The fraction of sp³-hybridized carbons (Fsp3) is 0.500. The zero-order valence-corrected chi connectivity index (χ0v) is 14.8. The minimum absolute atomic E-state index is 0.0863. The fourth-order valence-electron chi connectivity index (χ4n) is 2.09. The molecule has 1 aromatic rings. The van der Waals surface area contributed by atoms with E-state index in [1.165, 1.54) is 7.11 Å². The topological polar surface area (TPSA) is 81.7 Å². The largest absolute Gasteiger partial charge is 0.467 e. The van der Waals surface area contributed by atoms with E-state index in [0.717, 1.165) is 11.1 Å². The standard InChI is InChI=1S/C18H25NO5/c1-6-11(2)16(18(22)23-5)19-15(20)10-24-17(21)14-8-7-12(3)13(4)9-14/h7-9,11,16H,6,10H2,1-5H3,(H,19,20). The zero-order valence-electron chi connectivity index (χ0n) is 14.8. The van der Waals surface area contributed by atoms with Gasteiger partial charge in [0.2, 0.25) is 0 Å². The van der Waals surface area contributed by atoms with Crippen molar-refractivity contribution in [2.24, 2.45) is 5.92 Å². The van der Waals surface area contributed by atoms with Crippen molar-refractivity contribution in [3.05, 3.63) is 34.9 Å². The van der Waals surface area contributed by atoms with Crippen LogP contribution >= 0.6 is 0 Å². The van der Waals surface area contributed by atoms with E-state index in [-0.39, 0.29) is 5.92 Å². The van der Waals surface area contributed by atoms with E-state index in [0.29, 0.717) is 12.0 Å². The molecule has 1 amide bonds. The Balaban J connectivity index is 2.62. The van der Waals surface area contributed by atoms with Crippen molar-refractivity contribution in [2.75, 3.05) is 13.7 Å². The summed E-state index contributed by atoms with van der Waals surface area (Å²) < 4.78 is 9.70. The van der Waals surface area contributed by atoms with Gasteiger partial charge in [-0.25, -0.2) is 9.59 Å². The molecule has 0 aliphatic rings. The Bertz CT molecular complexity index is 611. The Kier molecular flexibility index (Phi) is 7.42. The van der Waals surface area contributed by atoms with Crippen molar-refractivity contribution in [3.8, 4) is 0 Å². The summed E-state index contributed by atoms with van der Waals surface area (Å²) in [5, 5.41) is 2.56. The SMILES string of the molecule is CCC(C)C(NC(=O)COC(=O)c1ccc(C)c(C)c1)C(=O)OC. The molecule has 0 aliphatic carbocycles. The maximum atomic E-state index is 12.0. The second-order valence-corrected chi connectivity index (χ2v) is 5.83. The van der Waals surface area contributed by atoms with E-state index in [4.69, 9.17) is 9.47 Å². The first kappa shape index (κ1) is 19.7. The number of carbonyl (C=O) groups is 3. The summed E-state index contributed by atoms with van der Waals surface area (Å²) in [6.07, 6.45) is 0.697. The molecule has 6 nitrogen and oxygen atoms in total. The van der Waals surface area contributed by atoms with Crippen LogP contribution in [0.15, 0.2) is 18.2 Å². The molecular formula is C18H25NO5.